The summed E-state index contributed by atoms with van der Waals surface area (Å²) in [5, 5.41) is 17.6. The van der Waals surface area contributed by atoms with Crippen LogP contribution in [0, 0.1) is 20.8 Å². The summed E-state index contributed by atoms with van der Waals surface area (Å²) in [6, 6.07) is 22.7. The summed E-state index contributed by atoms with van der Waals surface area (Å²) >= 11 is 3.39. The van der Waals surface area contributed by atoms with E-state index in [1.807, 2.05) is 115 Å². The zero-order chi connectivity index (χ0) is 54.9. The lowest BCUT2D eigenvalue weighted by Gasteiger charge is -2.18. The van der Waals surface area contributed by atoms with Crippen molar-refractivity contribution in [1.82, 2.24) is 55.0 Å². The Kier molecular flexibility index (Phi) is 16.8. The van der Waals surface area contributed by atoms with Crippen molar-refractivity contribution >= 4 is 56.8 Å². The third-order valence-corrected chi connectivity index (χ3v) is 14.9. The SMILES string of the molecule is Cc1cn(-c2ccc(C3=NC4(CCCC4)NC3=O)cc2)cn1.Cc1cnc[nH]1.Cc1cncn1-c1ccc(C2=NC3(CCCC3)NC2=O)cc1.NC(Cc1cnc[nH]1)C(=O)O.O=C1NC2(CCCC2)N=C1c1ccc(Br)cc1. The van der Waals surface area contributed by atoms with Crippen molar-refractivity contribution in [2.45, 2.75) is 127 Å². The van der Waals surface area contributed by atoms with E-state index in [9.17, 15) is 19.2 Å². The molecule has 404 valence electrons. The van der Waals surface area contributed by atoms with E-state index in [-0.39, 0.29) is 41.1 Å². The van der Waals surface area contributed by atoms with Crippen LogP contribution < -0.4 is 21.7 Å². The summed E-state index contributed by atoms with van der Waals surface area (Å²) < 4.78 is 4.99. The van der Waals surface area contributed by atoms with E-state index in [0.717, 1.165) is 132 Å². The normalized spacial score (nSPS) is 18.2. The molecule has 1 atom stereocenters. The lowest BCUT2D eigenvalue weighted by Crippen LogP contribution is -2.39. The number of nitrogens with zero attached hydrogens (tertiary/aromatic N) is 9. The molecule has 4 aromatic heterocycles. The number of aliphatic carboxylic acids is 1. The maximum Gasteiger partial charge on any atom is 0.320 e. The van der Waals surface area contributed by atoms with Gasteiger partial charge in [0, 0.05) is 80.8 Å². The lowest BCUT2D eigenvalue weighted by molar-refractivity contribution is -0.138. The number of hydrogen-bond acceptors (Lipinski definition) is 12. The van der Waals surface area contributed by atoms with Crippen molar-refractivity contribution in [3.63, 3.8) is 0 Å². The summed E-state index contributed by atoms with van der Waals surface area (Å²) in [6.07, 6.45) is 26.7. The number of aromatic amines is 2. The van der Waals surface area contributed by atoms with Crippen LogP contribution >= 0.6 is 15.9 Å². The Labute approximate surface area is 460 Å². The van der Waals surface area contributed by atoms with Gasteiger partial charge in [0.25, 0.3) is 17.7 Å². The number of amides is 3. The first-order valence-electron chi connectivity index (χ1n) is 26.2. The molecule has 0 saturated heterocycles. The van der Waals surface area contributed by atoms with E-state index in [4.69, 9.17) is 20.8 Å². The van der Waals surface area contributed by atoms with Gasteiger partial charge in [-0.25, -0.2) is 19.9 Å². The number of H-pyrrole nitrogens is 2. The highest BCUT2D eigenvalue weighted by atomic mass is 79.9. The second kappa shape index (κ2) is 24.0. The van der Waals surface area contributed by atoms with Gasteiger partial charge in [-0.05, 0) is 134 Å². The molecule has 0 radical (unpaired) electrons. The number of aromatic nitrogens is 8. The van der Waals surface area contributed by atoms with Crippen LogP contribution in [0.4, 0.5) is 0 Å². The zero-order valence-corrected chi connectivity index (χ0v) is 45.5. The molecule has 0 bridgehead atoms. The number of nitrogens with one attached hydrogen (secondary N) is 5. The Hall–Kier alpha value is -8.17. The number of hydrogen-bond donors (Lipinski definition) is 7. The Balaban J connectivity index is 0.000000125. The monoisotopic (exact) mass is 1120 g/mol. The maximum atomic E-state index is 12.2. The molecule has 3 aromatic carbocycles. The standard InChI is InChI=1S/2C17H18N4O.C13H13BrN2O.C6H9N3O2.C4H6N2/c1-12-10-21(11-18-12)14-6-4-13(5-7-14)15-16(22)20-17(19-15)8-2-3-9-17;1-12-10-18-11-21(12)14-6-4-13(5-7-14)15-16(22)20-17(19-15)8-2-3-9-17;14-10-5-3-9(4-6-10)11-12(17)16-13(15-11)7-1-2-8-13;7-5(6(10)11)1-4-2-8-3-9-4;1-4-2-5-3-6-4/h2*4-7,10-11H,2-3,8-9H2,1H3,(H,20,22);3-6H,1-2,7-8H2,(H,16,17);2-3,5H,1,7H2,(H,8,9)(H,10,11);2-3H,1H3,(H,5,6). The Bertz CT molecular complexity index is 3290. The lowest BCUT2D eigenvalue weighted by atomic mass is 10.1. The molecule has 8 N–H and O–H groups in total. The van der Waals surface area contributed by atoms with Crippen LogP contribution in [0.1, 0.15) is 117 Å². The number of aryl methyl sites for hydroxylation is 3. The summed E-state index contributed by atoms with van der Waals surface area (Å²) in [7, 11) is 0. The van der Waals surface area contributed by atoms with Gasteiger partial charge < -0.3 is 45.9 Å². The molecule has 7 heterocycles. The maximum absolute atomic E-state index is 12.2. The van der Waals surface area contributed by atoms with Gasteiger partial charge >= 0.3 is 5.97 Å². The number of nitrogens with two attached hydrogens (primary N) is 1. The number of benzene rings is 3. The quantitative estimate of drug-likeness (QED) is 0.0789. The van der Waals surface area contributed by atoms with Crippen molar-refractivity contribution in [2.75, 3.05) is 0 Å². The van der Waals surface area contributed by atoms with Crippen molar-refractivity contribution in [1.29, 1.82) is 0 Å². The van der Waals surface area contributed by atoms with Gasteiger partial charge in [-0.1, -0.05) is 52.3 Å². The highest BCUT2D eigenvalue weighted by molar-refractivity contribution is 9.10. The second-order valence-corrected chi connectivity index (χ2v) is 21.3. The highest BCUT2D eigenvalue weighted by Gasteiger charge is 2.44. The van der Waals surface area contributed by atoms with Crippen LogP contribution in [0.15, 0.2) is 142 Å². The molecule has 78 heavy (non-hydrogen) atoms. The van der Waals surface area contributed by atoms with E-state index >= 15 is 0 Å². The number of carboxylic acids is 1. The van der Waals surface area contributed by atoms with E-state index in [1.54, 1.807) is 31.4 Å². The molecule has 3 fully saturated rings. The first-order valence-corrected chi connectivity index (χ1v) is 27.0. The Morgan fingerprint density at radius 1 is 0.615 bits per heavy atom. The molecule has 3 amide bonds. The molecule has 13 rings (SSSR count). The van der Waals surface area contributed by atoms with Crippen LogP contribution in [0.5, 0.6) is 0 Å². The van der Waals surface area contributed by atoms with Crippen LogP contribution in [0.2, 0.25) is 0 Å². The third-order valence-electron chi connectivity index (χ3n) is 14.4. The fraction of sp³-hybridized carbons (Fsp3) is 0.351. The van der Waals surface area contributed by atoms with E-state index in [0.29, 0.717) is 17.1 Å². The van der Waals surface area contributed by atoms with Gasteiger partial charge in [0.1, 0.15) is 40.2 Å². The number of rotatable bonds is 8. The third kappa shape index (κ3) is 13.1. The minimum atomic E-state index is -1.00. The Morgan fingerprint density at radius 3 is 1.42 bits per heavy atom. The summed E-state index contributed by atoms with van der Waals surface area (Å²) in [5.41, 5.74) is 14.6. The molecule has 1 unspecified atom stereocenters. The number of halogens is 1. The molecule has 3 aliphatic carbocycles. The number of imidazole rings is 4. The number of carboxylic acid groups (broad SMARTS) is 1. The minimum Gasteiger partial charge on any atom is -0.480 e. The molecule has 3 spiro atoms. The number of carbonyl (C=O) groups is 4. The van der Waals surface area contributed by atoms with Crippen LogP contribution in [-0.2, 0) is 25.6 Å². The van der Waals surface area contributed by atoms with Crippen molar-refractivity contribution < 1.29 is 24.3 Å². The fourth-order valence-electron chi connectivity index (χ4n) is 10.3. The van der Waals surface area contributed by atoms with Gasteiger partial charge in [0.15, 0.2) is 0 Å². The topological polar surface area (TPSA) is 281 Å². The largest absolute Gasteiger partial charge is 0.480 e. The second-order valence-electron chi connectivity index (χ2n) is 20.3. The molecule has 6 aliphatic rings. The van der Waals surface area contributed by atoms with Crippen LogP contribution in [0.25, 0.3) is 11.4 Å². The van der Waals surface area contributed by atoms with E-state index in [2.05, 4.69) is 66.8 Å². The van der Waals surface area contributed by atoms with Crippen molar-refractivity contribution in [3.05, 3.63) is 167 Å². The molecule has 20 nitrogen and oxygen atoms in total. The smallest absolute Gasteiger partial charge is 0.320 e. The van der Waals surface area contributed by atoms with Crippen molar-refractivity contribution in [2.24, 2.45) is 20.7 Å². The molecule has 7 aromatic rings. The zero-order valence-electron chi connectivity index (χ0n) is 43.9. The first kappa shape index (κ1) is 54.6. The molecule has 21 heteroatoms. The van der Waals surface area contributed by atoms with E-state index < -0.39 is 12.0 Å². The molecular formula is C57H64BrN15O5. The molecular weight excluding hydrogens is 1050 g/mol. The number of aliphatic imine (C=N–C) groups is 3. The molecule has 3 aliphatic heterocycles. The van der Waals surface area contributed by atoms with Gasteiger partial charge in [0.2, 0.25) is 0 Å². The van der Waals surface area contributed by atoms with Gasteiger partial charge in [-0.2, -0.15) is 0 Å². The fourth-order valence-corrected chi connectivity index (χ4v) is 10.6. The van der Waals surface area contributed by atoms with Crippen LogP contribution in [-0.4, -0.2) is 108 Å². The van der Waals surface area contributed by atoms with E-state index in [1.165, 1.54) is 6.33 Å². The number of carbonyl (C=O) groups excluding carboxylic acids is 3. The van der Waals surface area contributed by atoms with Gasteiger partial charge in [-0.15, -0.1) is 0 Å². The van der Waals surface area contributed by atoms with Gasteiger partial charge in [0.05, 0.1) is 31.0 Å². The summed E-state index contributed by atoms with van der Waals surface area (Å²) in [4.78, 5) is 82.3. The van der Waals surface area contributed by atoms with Gasteiger partial charge in [-0.3, -0.25) is 34.2 Å². The average Bonchev–Trinajstić information content (AvgIpc) is 4.27. The van der Waals surface area contributed by atoms with Crippen LogP contribution in [0.3, 0.4) is 0 Å². The average molecular weight is 1120 g/mol. The summed E-state index contributed by atoms with van der Waals surface area (Å²) in [5.74, 6) is -1.13. The predicted molar refractivity (Wildman–Crippen MR) is 300 cm³/mol. The molecule has 3 saturated carbocycles. The predicted octanol–water partition coefficient (Wildman–Crippen LogP) is 7.46. The minimum absolute atomic E-state index is 0.0331. The highest BCUT2D eigenvalue weighted by Crippen LogP contribution is 2.37. The Morgan fingerprint density at radius 2 is 1.06 bits per heavy atom. The summed E-state index contributed by atoms with van der Waals surface area (Å²) in [6.45, 7) is 5.94. The van der Waals surface area contributed by atoms with Crippen molar-refractivity contribution in [3.8, 4) is 11.4 Å². The first-order chi connectivity index (χ1) is 37.6.